The zero-order chi connectivity index (χ0) is 20.2. The third kappa shape index (κ3) is 4.55. The van der Waals surface area contributed by atoms with Crippen LogP contribution in [-0.2, 0) is 0 Å². The van der Waals surface area contributed by atoms with Crippen molar-refractivity contribution >= 4 is 10.8 Å². The fourth-order valence-corrected chi connectivity index (χ4v) is 4.99. The average Bonchev–Trinajstić information content (AvgIpc) is 2.75. The van der Waals surface area contributed by atoms with E-state index in [9.17, 15) is 0 Å². The maximum Gasteiger partial charge on any atom is 0.138 e. The van der Waals surface area contributed by atoms with Crippen molar-refractivity contribution in [2.45, 2.75) is 71.1 Å². The molecule has 1 heteroatoms. The molecule has 0 saturated heterocycles. The highest BCUT2D eigenvalue weighted by molar-refractivity contribution is 5.89. The average molecular weight is 389 g/mol. The number of benzene rings is 3. The van der Waals surface area contributed by atoms with Gasteiger partial charge in [0.2, 0.25) is 0 Å². The summed E-state index contributed by atoms with van der Waals surface area (Å²) in [5.41, 5.74) is 4.23. The second-order valence-electron chi connectivity index (χ2n) is 8.99. The Hall–Kier alpha value is -2.15. The molecule has 1 aliphatic carbocycles. The van der Waals surface area contributed by atoms with Gasteiger partial charge in [-0.05, 0) is 61.0 Å². The summed E-state index contributed by atoms with van der Waals surface area (Å²) in [6.07, 6.45) is 10.8. The molecule has 0 bridgehead atoms. The van der Waals surface area contributed by atoms with Gasteiger partial charge in [0.05, 0.1) is 0 Å². The van der Waals surface area contributed by atoms with Crippen LogP contribution in [0.5, 0.6) is 0 Å². The third-order valence-corrected chi connectivity index (χ3v) is 6.87. The molecule has 0 N–H and O–H groups in total. The van der Waals surface area contributed by atoms with Crippen LogP contribution in [0.25, 0.3) is 21.9 Å². The Labute approximate surface area is 175 Å². The van der Waals surface area contributed by atoms with Crippen LogP contribution in [0.3, 0.4) is 0 Å². The molecule has 1 aliphatic rings. The first-order valence-corrected chi connectivity index (χ1v) is 11.4. The molecule has 0 nitrogen and oxygen atoms in total. The molecular weight excluding hydrogens is 355 g/mol. The minimum atomic E-state index is -0.0995. The van der Waals surface area contributed by atoms with Gasteiger partial charge < -0.3 is 0 Å². The van der Waals surface area contributed by atoms with E-state index < -0.39 is 0 Å². The van der Waals surface area contributed by atoms with E-state index in [4.69, 9.17) is 0 Å². The SMILES string of the molecule is CCCCCC1CCC(c2ccc3c(F)c(-c4ccc(C)cc4)ccc3c2)CC1. The van der Waals surface area contributed by atoms with Gasteiger partial charge in [-0.2, -0.15) is 0 Å². The number of fused-ring (bicyclic) bond motifs is 1. The highest BCUT2D eigenvalue weighted by Gasteiger charge is 2.22. The molecule has 3 aromatic rings. The zero-order valence-corrected chi connectivity index (χ0v) is 17.9. The first-order valence-electron chi connectivity index (χ1n) is 11.4. The molecule has 1 fully saturated rings. The van der Waals surface area contributed by atoms with E-state index in [1.807, 2.05) is 36.4 Å². The topological polar surface area (TPSA) is 0 Å². The highest BCUT2D eigenvalue weighted by Crippen LogP contribution is 2.39. The zero-order valence-electron chi connectivity index (χ0n) is 17.9. The van der Waals surface area contributed by atoms with E-state index in [-0.39, 0.29) is 5.82 Å². The van der Waals surface area contributed by atoms with Gasteiger partial charge in [-0.15, -0.1) is 0 Å². The number of rotatable bonds is 6. The van der Waals surface area contributed by atoms with Gasteiger partial charge in [-0.1, -0.05) is 92.8 Å². The van der Waals surface area contributed by atoms with Crippen molar-refractivity contribution in [2.24, 2.45) is 5.92 Å². The van der Waals surface area contributed by atoms with Gasteiger partial charge in [0.15, 0.2) is 0 Å². The van der Waals surface area contributed by atoms with Gasteiger partial charge >= 0.3 is 0 Å². The molecule has 0 aliphatic heterocycles. The Bertz CT molecular complexity index is 946. The molecule has 0 aromatic heterocycles. The van der Waals surface area contributed by atoms with E-state index in [0.29, 0.717) is 11.5 Å². The Kier molecular flexibility index (Phi) is 6.33. The summed E-state index contributed by atoms with van der Waals surface area (Å²) in [6.45, 7) is 4.34. The lowest BCUT2D eigenvalue weighted by atomic mass is 9.76. The van der Waals surface area contributed by atoms with Crippen molar-refractivity contribution in [3.8, 4) is 11.1 Å². The molecule has 0 radical (unpaired) electrons. The first kappa shape index (κ1) is 20.1. The van der Waals surface area contributed by atoms with E-state index in [2.05, 4.69) is 32.0 Å². The molecule has 3 aromatic carbocycles. The number of aryl methyl sites for hydroxylation is 1. The fourth-order valence-electron chi connectivity index (χ4n) is 4.99. The molecule has 1 saturated carbocycles. The number of unbranched alkanes of at least 4 members (excludes halogenated alkanes) is 2. The summed E-state index contributed by atoms with van der Waals surface area (Å²) in [5, 5.41) is 1.76. The molecule has 0 atom stereocenters. The van der Waals surface area contributed by atoms with Crippen molar-refractivity contribution in [3.05, 3.63) is 71.5 Å². The van der Waals surface area contributed by atoms with Crippen LogP contribution in [0.15, 0.2) is 54.6 Å². The van der Waals surface area contributed by atoms with Crippen molar-refractivity contribution in [2.75, 3.05) is 0 Å². The molecule has 0 heterocycles. The van der Waals surface area contributed by atoms with Gasteiger partial charge in [0.25, 0.3) is 0 Å². The lowest BCUT2D eigenvalue weighted by Gasteiger charge is -2.29. The summed E-state index contributed by atoms with van der Waals surface area (Å²) in [4.78, 5) is 0. The van der Waals surface area contributed by atoms with Crippen LogP contribution in [0, 0.1) is 18.7 Å². The predicted molar refractivity (Wildman–Crippen MR) is 123 cm³/mol. The summed E-state index contributed by atoms with van der Waals surface area (Å²) < 4.78 is 15.2. The van der Waals surface area contributed by atoms with Crippen LogP contribution in [-0.4, -0.2) is 0 Å². The second kappa shape index (κ2) is 9.11. The maximum atomic E-state index is 15.2. The van der Waals surface area contributed by atoms with Crippen LogP contribution in [0.1, 0.15) is 75.3 Å². The minimum Gasteiger partial charge on any atom is -0.206 e. The Morgan fingerprint density at radius 2 is 1.62 bits per heavy atom. The lowest BCUT2D eigenvalue weighted by molar-refractivity contribution is 0.303. The van der Waals surface area contributed by atoms with Crippen molar-refractivity contribution in [3.63, 3.8) is 0 Å². The second-order valence-corrected chi connectivity index (χ2v) is 8.99. The molecular formula is C28H33F. The Balaban J connectivity index is 1.50. The third-order valence-electron chi connectivity index (χ3n) is 6.87. The van der Waals surface area contributed by atoms with Crippen LogP contribution < -0.4 is 0 Å². The monoisotopic (exact) mass is 388 g/mol. The summed E-state index contributed by atoms with van der Waals surface area (Å²) in [6, 6.07) is 18.5. The van der Waals surface area contributed by atoms with Crippen LogP contribution >= 0.6 is 0 Å². The standard InChI is InChI=1S/C28H33F/c1-3-4-5-6-21-9-13-22(14-10-21)24-15-17-27-25(19-24)16-18-26(28(27)29)23-11-7-20(2)8-12-23/h7-8,11-12,15-19,21-22H,3-6,9-10,13-14H2,1-2H3. The van der Waals surface area contributed by atoms with Crippen LogP contribution in [0.2, 0.25) is 0 Å². The van der Waals surface area contributed by atoms with Crippen molar-refractivity contribution < 1.29 is 4.39 Å². The molecule has 0 amide bonds. The van der Waals surface area contributed by atoms with Crippen molar-refractivity contribution in [1.29, 1.82) is 0 Å². The summed E-state index contributed by atoms with van der Waals surface area (Å²) in [5.74, 6) is 1.46. The fraction of sp³-hybridized carbons (Fsp3) is 0.429. The highest BCUT2D eigenvalue weighted by atomic mass is 19.1. The summed E-state index contributed by atoms with van der Waals surface area (Å²) in [7, 11) is 0. The number of halogens is 1. The number of hydrogen-bond donors (Lipinski definition) is 0. The van der Waals surface area contributed by atoms with Gasteiger partial charge in [-0.25, -0.2) is 4.39 Å². The largest absolute Gasteiger partial charge is 0.206 e. The predicted octanol–water partition coefficient (Wildman–Crippen LogP) is 8.81. The van der Waals surface area contributed by atoms with E-state index in [0.717, 1.165) is 22.3 Å². The van der Waals surface area contributed by atoms with Gasteiger partial charge in [0, 0.05) is 10.9 Å². The Morgan fingerprint density at radius 1 is 0.862 bits per heavy atom. The lowest BCUT2D eigenvalue weighted by Crippen LogP contribution is -2.13. The molecule has 29 heavy (non-hydrogen) atoms. The minimum absolute atomic E-state index is 0.0995. The molecule has 152 valence electrons. The van der Waals surface area contributed by atoms with E-state index in [1.165, 1.54) is 62.5 Å². The quantitative estimate of drug-likeness (QED) is 0.370. The van der Waals surface area contributed by atoms with Crippen LogP contribution in [0.4, 0.5) is 4.39 Å². The van der Waals surface area contributed by atoms with E-state index in [1.54, 1.807) is 0 Å². The molecule has 0 unspecified atom stereocenters. The normalized spacial score (nSPS) is 19.6. The first-order chi connectivity index (χ1) is 14.2. The van der Waals surface area contributed by atoms with Gasteiger partial charge in [0.1, 0.15) is 5.82 Å². The maximum absolute atomic E-state index is 15.2. The smallest absolute Gasteiger partial charge is 0.138 e. The molecule has 4 rings (SSSR count). The van der Waals surface area contributed by atoms with Crippen molar-refractivity contribution in [1.82, 2.24) is 0 Å². The Morgan fingerprint density at radius 3 is 2.34 bits per heavy atom. The molecule has 0 spiro atoms. The van der Waals surface area contributed by atoms with E-state index >= 15 is 4.39 Å². The number of hydrogen-bond acceptors (Lipinski definition) is 0. The van der Waals surface area contributed by atoms with Gasteiger partial charge in [-0.3, -0.25) is 0 Å². The summed E-state index contributed by atoms with van der Waals surface area (Å²) >= 11 is 0.